The van der Waals surface area contributed by atoms with Crippen LogP contribution in [0, 0.1) is 11.3 Å². The highest BCUT2D eigenvalue weighted by molar-refractivity contribution is 5.65. The van der Waals surface area contributed by atoms with Crippen molar-refractivity contribution in [3.8, 4) is 6.07 Å². The first-order chi connectivity index (χ1) is 9.31. The maximum Gasteiger partial charge on any atom is 0.0934 e. The van der Waals surface area contributed by atoms with Crippen molar-refractivity contribution in [3.05, 3.63) is 77.9 Å². The van der Waals surface area contributed by atoms with Crippen molar-refractivity contribution in [3.63, 3.8) is 0 Å². The molecule has 2 heteroatoms. The van der Waals surface area contributed by atoms with Gasteiger partial charge in [0.25, 0.3) is 0 Å². The molecule has 0 aromatic heterocycles. The molecule has 0 heterocycles. The Kier molecular flexibility index (Phi) is 4.36. The van der Waals surface area contributed by atoms with Crippen molar-refractivity contribution in [2.24, 2.45) is 0 Å². The molecule has 0 bridgehead atoms. The van der Waals surface area contributed by atoms with E-state index in [4.69, 9.17) is 5.26 Å². The molecule has 0 aliphatic carbocycles. The molecule has 2 rings (SSSR count). The van der Waals surface area contributed by atoms with Crippen molar-refractivity contribution >= 4 is 5.70 Å². The molecule has 19 heavy (non-hydrogen) atoms. The van der Waals surface area contributed by atoms with Gasteiger partial charge in [-0.05, 0) is 11.1 Å². The first-order valence-electron chi connectivity index (χ1n) is 6.21. The van der Waals surface area contributed by atoms with E-state index in [1.807, 2.05) is 55.6 Å². The summed E-state index contributed by atoms with van der Waals surface area (Å²) in [5, 5.41) is 8.96. The predicted octanol–water partition coefficient (Wildman–Crippen LogP) is 3.68. The Bertz CT molecular complexity index is 580. The summed E-state index contributed by atoms with van der Waals surface area (Å²) in [4.78, 5) is 2.09. The van der Waals surface area contributed by atoms with E-state index in [-0.39, 0.29) is 0 Å². The molecule has 0 atom stereocenters. The molecule has 0 radical (unpaired) electrons. The van der Waals surface area contributed by atoms with Crippen LogP contribution in [0.25, 0.3) is 5.70 Å². The van der Waals surface area contributed by atoms with Gasteiger partial charge in [0.2, 0.25) is 0 Å². The van der Waals surface area contributed by atoms with Crippen molar-refractivity contribution in [1.29, 1.82) is 5.26 Å². The van der Waals surface area contributed by atoms with Crippen LogP contribution < -0.4 is 0 Å². The number of nitriles is 1. The van der Waals surface area contributed by atoms with Gasteiger partial charge in [-0.15, -0.1) is 0 Å². The van der Waals surface area contributed by atoms with Gasteiger partial charge in [0, 0.05) is 19.7 Å². The summed E-state index contributed by atoms with van der Waals surface area (Å²) in [6, 6.07) is 22.3. The summed E-state index contributed by atoms with van der Waals surface area (Å²) in [5.74, 6) is 0. The van der Waals surface area contributed by atoms with Crippen molar-refractivity contribution in [2.45, 2.75) is 6.54 Å². The van der Waals surface area contributed by atoms with Gasteiger partial charge in [-0.25, -0.2) is 0 Å². The summed E-state index contributed by atoms with van der Waals surface area (Å²) in [6.07, 6.45) is 1.60. The zero-order valence-corrected chi connectivity index (χ0v) is 11.0. The highest BCUT2D eigenvalue weighted by Crippen LogP contribution is 2.19. The third-order valence-electron chi connectivity index (χ3n) is 2.94. The highest BCUT2D eigenvalue weighted by atomic mass is 15.1. The molecule has 0 saturated carbocycles. The largest absolute Gasteiger partial charge is 0.369 e. The molecule has 0 N–H and O–H groups in total. The Hall–Kier alpha value is -2.53. The third kappa shape index (κ3) is 3.46. The molecule has 0 aliphatic rings. The normalized spacial score (nSPS) is 10.8. The standard InChI is InChI=1S/C17H16N2/c1-19(14-15-8-4-2-5-9-15)17(12-13-18)16-10-6-3-7-11-16/h2-12H,14H2,1H3. The van der Waals surface area contributed by atoms with Gasteiger partial charge in [0.15, 0.2) is 0 Å². The third-order valence-corrected chi connectivity index (χ3v) is 2.94. The number of benzene rings is 2. The monoisotopic (exact) mass is 248 g/mol. The number of hydrogen-bond donors (Lipinski definition) is 0. The van der Waals surface area contributed by atoms with E-state index in [1.165, 1.54) is 5.56 Å². The second kappa shape index (κ2) is 6.42. The SMILES string of the molecule is CN(Cc1ccccc1)C(=CC#N)c1ccccc1. The summed E-state index contributed by atoms with van der Waals surface area (Å²) in [5.41, 5.74) is 3.22. The van der Waals surface area contributed by atoms with Crippen LogP contribution in [0.5, 0.6) is 0 Å². The van der Waals surface area contributed by atoms with Gasteiger partial charge < -0.3 is 4.90 Å². The number of nitrogens with zero attached hydrogens (tertiary/aromatic N) is 2. The summed E-state index contributed by atoms with van der Waals surface area (Å²) in [6.45, 7) is 0.781. The highest BCUT2D eigenvalue weighted by Gasteiger charge is 2.07. The predicted molar refractivity (Wildman–Crippen MR) is 77.9 cm³/mol. The Morgan fingerprint density at radius 1 is 1.05 bits per heavy atom. The summed E-state index contributed by atoms with van der Waals surface area (Å²) in [7, 11) is 2.00. The maximum atomic E-state index is 8.96. The second-order valence-corrected chi connectivity index (χ2v) is 4.37. The quantitative estimate of drug-likeness (QED) is 0.772. The van der Waals surface area contributed by atoms with E-state index in [0.29, 0.717) is 0 Å². The number of allylic oxidation sites excluding steroid dienone is 1. The second-order valence-electron chi connectivity index (χ2n) is 4.37. The average molecular weight is 248 g/mol. The van der Waals surface area contributed by atoms with E-state index in [2.05, 4.69) is 23.1 Å². The average Bonchev–Trinajstić information content (AvgIpc) is 2.46. The lowest BCUT2D eigenvalue weighted by molar-refractivity contribution is 0.475. The van der Waals surface area contributed by atoms with Crippen LogP contribution in [0.2, 0.25) is 0 Å². The van der Waals surface area contributed by atoms with Crippen LogP contribution in [0.15, 0.2) is 66.7 Å². The van der Waals surface area contributed by atoms with E-state index in [0.717, 1.165) is 17.8 Å². The minimum Gasteiger partial charge on any atom is -0.369 e. The topological polar surface area (TPSA) is 27.0 Å². The Balaban J connectivity index is 2.22. The van der Waals surface area contributed by atoms with Crippen molar-refractivity contribution < 1.29 is 0 Å². The van der Waals surface area contributed by atoms with Crippen LogP contribution in [0.3, 0.4) is 0 Å². The van der Waals surface area contributed by atoms with Crippen LogP contribution >= 0.6 is 0 Å². The van der Waals surface area contributed by atoms with Crippen LogP contribution in [0.1, 0.15) is 11.1 Å². The van der Waals surface area contributed by atoms with Gasteiger partial charge >= 0.3 is 0 Å². The van der Waals surface area contributed by atoms with Gasteiger partial charge in [0.05, 0.1) is 11.8 Å². The fourth-order valence-corrected chi connectivity index (χ4v) is 2.03. The Morgan fingerprint density at radius 3 is 2.21 bits per heavy atom. The molecule has 2 aromatic rings. The molecule has 0 saturated heterocycles. The van der Waals surface area contributed by atoms with Gasteiger partial charge in [-0.2, -0.15) is 5.26 Å². The van der Waals surface area contributed by atoms with E-state index < -0.39 is 0 Å². The van der Waals surface area contributed by atoms with E-state index in [9.17, 15) is 0 Å². The minimum atomic E-state index is 0.781. The molecule has 0 amide bonds. The molecule has 94 valence electrons. The van der Waals surface area contributed by atoms with Gasteiger partial charge in [-0.1, -0.05) is 60.7 Å². The molecule has 2 aromatic carbocycles. The Labute approximate surface area is 114 Å². The molecule has 0 fully saturated rings. The number of hydrogen-bond acceptors (Lipinski definition) is 2. The summed E-state index contributed by atoms with van der Waals surface area (Å²) < 4.78 is 0. The maximum absolute atomic E-state index is 8.96. The van der Waals surface area contributed by atoms with Crippen LogP contribution in [0.4, 0.5) is 0 Å². The Morgan fingerprint density at radius 2 is 1.63 bits per heavy atom. The molecular formula is C17H16N2. The first kappa shape index (κ1) is 12.9. The lowest BCUT2D eigenvalue weighted by atomic mass is 10.1. The molecule has 2 nitrogen and oxygen atoms in total. The van der Waals surface area contributed by atoms with Crippen LogP contribution in [-0.2, 0) is 6.54 Å². The molecule has 0 spiro atoms. The van der Waals surface area contributed by atoms with Gasteiger partial charge in [-0.3, -0.25) is 0 Å². The van der Waals surface area contributed by atoms with E-state index >= 15 is 0 Å². The smallest absolute Gasteiger partial charge is 0.0934 e. The first-order valence-corrected chi connectivity index (χ1v) is 6.21. The lowest BCUT2D eigenvalue weighted by Crippen LogP contribution is -2.16. The van der Waals surface area contributed by atoms with Crippen LogP contribution in [-0.4, -0.2) is 11.9 Å². The summed E-state index contributed by atoms with van der Waals surface area (Å²) >= 11 is 0. The van der Waals surface area contributed by atoms with Crippen molar-refractivity contribution in [2.75, 3.05) is 7.05 Å². The van der Waals surface area contributed by atoms with E-state index in [1.54, 1.807) is 6.08 Å². The molecular weight excluding hydrogens is 232 g/mol. The minimum absolute atomic E-state index is 0.781. The zero-order chi connectivity index (χ0) is 13.5. The zero-order valence-electron chi connectivity index (χ0n) is 11.0. The van der Waals surface area contributed by atoms with Crippen molar-refractivity contribution in [1.82, 2.24) is 4.90 Å². The fraction of sp³-hybridized carbons (Fsp3) is 0.118. The molecule has 0 unspecified atom stereocenters. The molecule has 0 aliphatic heterocycles. The lowest BCUT2D eigenvalue weighted by Gasteiger charge is -2.22. The number of rotatable bonds is 4. The fourth-order valence-electron chi connectivity index (χ4n) is 2.03. The van der Waals surface area contributed by atoms with Gasteiger partial charge in [0.1, 0.15) is 0 Å².